The van der Waals surface area contributed by atoms with Gasteiger partial charge in [0, 0.05) is 4.90 Å². The second-order valence-electron chi connectivity index (χ2n) is 2.65. The summed E-state index contributed by atoms with van der Waals surface area (Å²) in [5, 5.41) is 8.99. The fourth-order valence-corrected chi connectivity index (χ4v) is 1.69. The van der Waals surface area contributed by atoms with Gasteiger partial charge >= 0.3 is 5.97 Å². The zero-order valence-electron chi connectivity index (χ0n) is 7.95. The molecule has 0 aliphatic carbocycles. The highest BCUT2D eigenvalue weighted by atomic mass is 35.5. The second-order valence-corrected chi connectivity index (χ2v) is 3.51. The zero-order chi connectivity index (χ0) is 11.4. The molecule has 0 heterocycles. The van der Waals surface area contributed by atoms with Crippen LogP contribution < -0.4 is 0 Å². The Labute approximate surface area is 98.0 Å². The fourth-order valence-electron chi connectivity index (χ4n) is 1.05. The van der Waals surface area contributed by atoms with Crippen molar-refractivity contribution in [3.05, 3.63) is 28.3 Å². The van der Waals surface area contributed by atoms with E-state index in [9.17, 15) is 4.79 Å². The van der Waals surface area contributed by atoms with Crippen LogP contribution in [0.3, 0.4) is 0 Å². The Kier molecular flexibility index (Phi) is 4.01. The highest BCUT2D eigenvalue weighted by molar-refractivity contribution is 7.80. The Morgan fingerprint density at radius 1 is 1.67 bits per heavy atom. The zero-order valence-corrected chi connectivity index (χ0v) is 9.60. The third-order valence-electron chi connectivity index (χ3n) is 1.73. The molecule has 1 rings (SSSR count). The van der Waals surface area contributed by atoms with Gasteiger partial charge in [-0.25, -0.2) is 4.79 Å². The number of hydrogen-bond donors (Lipinski definition) is 1. The van der Waals surface area contributed by atoms with Crippen molar-refractivity contribution in [3.63, 3.8) is 0 Å². The highest BCUT2D eigenvalue weighted by Crippen LogP contribution is 2.27. The lowest BCUT2D eigenvalue weighted by molar-refractivity contribution is 0.0522. The lowest BCUT2D eigenvalue weighted by Crippen LogP contribution is -2.07. The molecule has 1 aromatic carbocycles. The van der Waals surface area contributed by atoms with Gasteiger partial charge in [0.25, 0.3) is 0 Å². The van der Waals surface area contributed by atoms with E-state index >= 15 is 0 Å². The molecule has 0 fully saturated rings. The smallest absolute Gasteiger partial charge is 0.340 e. The summed E-state index contributed by atoms with van der Waals surface area (Å²) < 4.78 is 4.81. The van der Waals surface area contributed by atoms with Crippen LogP contribution in [0.1, 0.15) is 22.8 Å². The van der Waals surface area contributed by atoms with Crippen molar-refractivity contribution in [2.24, 2.45) is 0 Å². The number of hydrogen-bond acceptors (Lipinski definition) is 4. The Morgan fingerprint density at radius 2 is 2.33 bits per heavy atom. The predicted molar refractivity (Wildman–Crippen MR) is 59.4 cm³/mol. The van der Waals surface area contributed by atoms with E-state index in [0.717, 1.165) is 0 Å². The number of benzene rings is 1. The predicted octanol–water partition coefficient (Wildman–Crippen LogP) is 2.68. The van der Waals surface area contributed by atoms with Crippen LogP contribution in [0.25, 0.3) is 0 Å². The van der Waals surface area contributed by atoms with E-state index < -0.39 is 5.97 Å². The van der Waals surface area contributed by atoms with Crippen LogP contribution in [-0.2, 0) is 4.74 Å². The molecule has 0 unspecified atom stereocenters. The molecule has 0 aliphatic heterocycles. The molecular formula is C10H8ClNO2S. The molecule has 0 radical (unpaired) electrons. The summed E-state index contributed by atoms with van der Waals surface area (Å²) >= 11 is 9.92. The number of halogens is 1. The molecule has 78 valence electrons. The van der Waals surface area contributed by atoms with E-state index in [1.54, 1.807) is 6.92 Å². The van der Waals surface area contributed by atoms with Gasteiger partial charge in [0.15, 0.2) is 0 Å². The molecular weight excluding hydrogens is 234 g/mol. The van der Waals surface area contributed by atoms with E-state index in [-0.39, 0.29) is 22.1 Å². The normalized spacial score (nSPS) is 9.47. The van der Waals surface area contributed by atoms with Gasteiger partial charge in [-0.2, -0.15) is 5.26 Å². The first-order valence-electron chi connectivity index (χ1n) is 4.20. The number of nitriles is 1. The molecule has 0 N–H and O–H groups in total. The van der Waals surface area contributed by atoms with Crippen molar-refractivity contribution >= 4 is 30.2 Å². The van der Waals surface area contributed by atoms with Gasteiger partial charge in [-0.05, 0) is 19.1 Å². The first kappa shape index (κ1) is 11.9. The lowest BCUT2D eigenvalue weighted by Gasteiger charge is -2.07. The molecule has 0 saturated heterocycles. The summed E-state index contributed by atoms with van der Waals surface area (Å²) in [7, 11) is 0. The summed E-state index contributed by atoms with van der Waals surface area (Å²) in [6.45, 7) is 1.94. The maximum absolute atomic E-state index is 11.5. The molecule has 0 aliphatic rings. The maximum Gasteiger partial charge on any atom is 0.340 e. The number of nitrogens with zero attached hydrogens (tertiary/aromatic N) is 1. The Balaban J connectivity index is 3.28. The van der Waals surface area contributed by atoms with Crippen LogP contribution in [0.15, 0.2) is 17.0 Å². The molecule has 0 saturated carbocycles. The van der Waals surface area contributed by atoms with Gasteiger partial charge in [0.1, 0.15) is 6.07 Å². The van der Waals surface area contributed by atoms with Gasteiger partial charge in [-0.15, -0.1) is 12.6 Å². The van der Waals surface area contributed by atoms with Crippen LogP contribution >= 0.6 is 24.2 Å². The number of ether oxygens (including phenoxy) is 1. The summed E-state index contributed by atoms with van der Waals surface area (Å²) in [4.78, 5) is 11.7. The Bertz CT molecular complexity index is 440. The maximum atomic E-state index is 11.5. The van der Waals surface area contributed by atoms with Crippen LogP contribution in [0.5, 0.6) is 0 Å². The second kappa shape index (κ2) is 5.06. The van der Waals surface area contributed by atoms with Gasteiger partial charge in [0.05, 0.1) is 22.8 Å². The minimum Gasteiger partial charge on any atom is -0.462 e. The van der Waals surface area contributed by atoms with E-state index in [0.29, 0.717) is 5.56 Å². The minimum atomic E-state index is -0.565. The Morgan fingerprint density at radius 3 is 2.87 bits per heavy atom. The Hall–Kier alpha value is -1.18. The van der Waals surface area contributed by atoms with Crippen LogP contribution in [0.4, 0.5) is 0 Å². The molecule has 0 atom stereocenters. The van der Waals surface area contributed by atoms with Crippen molar-refractivity contribution in [1.29, 1.82) is 5.26 Å². The van der Waals surface area contributed by atoms with Crippen molar-refractivity contribution in [2.45, 2.75) is 11.8 Å². The molecule has 3 nitrogen and oxygen atoms in total. The molecule has 15 heavy (non-hydrogen) atoms. The van der Waals surface area contributed by atoms with Crippen molar-refractivity contribution < 1.29 is 9.53 Å². The van der Waals surface area contributed by atoms with E-state index in [2.05, 4.69) is 12.6 Å². The fraction of sp³-hybridized carbons (Fsp3) is 0.200. The van der Waals surface area contributed by atoms with Gasteiger partial charge in [0.2, 0.25) is 0 Å². The summed E-state index contributed by atoms with van der Waals surface area (Å²) in [5.41, 5.74) is 0.437. The van der Waals surface area contributed by atoms with E-state index in [1.165, 1.54) is 12.1 Å². The summed E-state index contributed by atoms with van der Waals surface area (Å²) in [5.74, 6) is -0.565. The minimum absolute atomic E-state index is 0.140. The average molecular weight is 242 g/mol. The van der Waals surface area contributed by atoms with Gasteiger partial charge in [-0.1, -0.05) is 11.6 Å². The molecule has 0 aromatic heterocycles. The summed E-state index contributed by atoms with van der Waals surface area (Å²) in [6.07, 6.45) is 0. The molecule has 0 spiro atoms. The topological polar surface area (TPSA) is 50.1 Å². The van der Waals surface area contributed by atoms with Gasteiger partial charge < -0.3 is 4.74 Å². The van der Waals surface area contributed by atoms with E-state index in [4.69, 9.17) is 21.6 Å². The van der Waals surface area contributed by atoms with Crippen molar-refractivity contribution in [3.8, 4) is 6.07 Å². The largest absolute Gasteiger partial charge is 0.462 e. The average Bonchev–Trinajstić information content (AvgIpc) is 2.18. The first-order chi connectivity index (χ1) is 7.11. The monoisotopic (exact) mass is 241 g/mol. The first-order valence-corrected chi connectivity index (χ1v) is 5.03. The van der Waals surface area contributed by atoms with Gasteiger partial charge in [-0.3, -0.25) is 0 Å². The third-order valence-corrected chi connectivity index (χ3v) is 2.51. The number of carbonyl (C=O) groups is 1. The number of esters is 1. The molecule has 5 heteroatoms. The number of carbonyl (C=O) groups excluding carboxylic acids is 1. The van der Waals surface area contributed by atoms with E-state index in [1.807, 2.05) is 6.07 Å². The van der Waals surface area contributed by atoms with Crippen LogP contribution in [-0.4, -0.2) is 12.6 Å². The summed E-state index contributed by atoms with van der Waals surface area (Å²) in [6, 6.07) is 4.90. The highest BCUT2D eigenvalue weighted by Gasteiger charge is 2.17. The quantitative estimate of drug-likeness (QED) is 0.640. The van der Waals surface area contributed by atoms with Crippen molar-refractivity contribution in [2.75, 3.05) is 6.61 Å². The third kappa shape index (κ3) is 2.44. The number of thiol groups is 1. The molecule has 0 amide bonds. The van der Waals surface area contributed by atoms with Crippen molar-refractivity contribution in [1.82, 2.24) is 0 Å². The lowest BCUT2D eigenvalue weighted by atomic mass is 10.1. The molecule has 0 bridgehead atoms. The standard InChI is InChI=1S/C10H8ClNO2S/c1-2-14-10(13)8-7(11)4-3-6(5-12)9(8)15/h3-4,15H,2H2,1H3. The van der Waals surface area contributed by atoms with Crippen LogP contribution in [0, 0.1) is 11.3 Å². The molecule has 1 aromatic rings. The SMILES string of the molecule is CCOC(=O)c1c(Cl)ccc(C#N)c1S. The number of rotatable bonds is 2. The van der Waals surface area contributed by atoms with Crippen LogP contribution in [0.2, 0.25) is 5.02 Å².